The van der Waals surface area contributed by atoms with E-state index in [1.54, 1.807) is 24.3 Å². The van der Waals surface area contributed by atoms with E-state index >= 15 is 0 Å². The standard InChI is InChI=1S/C21H22FNO5/c22-17-8-6-15(7-9-17)12-23(13-20(24)25)21(26)16-3-1-4-18(11-16)28-14-19-5-2-10-27-19/h1,3-4,6-9,11,19H,2,5,10,12-14H2,(H,24,25). The number of carboxylic acid groups (broad SMARTS) is 1. The zero-order valence-corrected chi connectivity index (χ0v) is 15.3. The van der Waals surface area contributed by atoms with Gasteiger partial charge in [-0.15, -0.1) is 0 Å². The highest BCUT2D eigenvalue weighted by Crippen LogP contribution is 2.19. The zero-order chi connectivity index (χ0) is 19.9. The van der Waals surface area contributed by atoms with Gasteiger partial charge in [0, 0.05) is 18.7 Å². The second-order valence-corrected chi connectivity index (χ2v) is 6.66. The lowest BCUT2D eigenvalue weighted by molar-refractivity contribution is -0.137. The van der Waals surface area contributed by atoms with Crippen molar-refractivity contribution in [2.75, 3.05) is 19.8 Å². The first-order chi connectivity index (χ1) is 13.5. The van der Waals surface area contributed by atoms with Gasteiger partial charge in [0.15, 0.2) is 0 Å². The molecule has 0 radical (unpaired) electrons. The molecular formula is C21H22FNO5. The van der Waals surface area contributed by atoms with E-state index in [-0.39, 0.29) is 12.6 Å². The smallest absolute Gasteiger partial charge is 0.323 e. The summed E-state index contributed by atoms with van der Waals surface area (Å²) in [6, 6.07) is 12.2. The normalized spacial score (nSPS) is 16.0. The van der Waals surface area contributed by atoms with Gasteiger partial charge in [0.05, 0.1) is 6.10 Å². The number of ether oxygens (including phenoxy) is 2. The molecule has 6 nitrogen and oxygen atoms in total. The van der Waals surface area contributed by atoms with Crippen molar-refractivity contribution in [3.8, 4) is 5.75 Å². The number of hydrogen-bond acceptors (Lipinski definition) is 4. The van der Waals surface area contributed by atoms with Gasteiger partial charge in [0.25, 0.3) is 5.91 Å². The van der Waals surface area contributed by atoms with E-state index in [9.17, 15) is 14.0 Å². The molecule has 1 saturated heterocycles. The van der Waals surface area contributed by atoms with Gasteiger partial charge in [-0.1, -0.05) is 18.2 Å². The molecule has 1 aliphatic heterocycles. The van der Waals surface area contributed by atoms with Crippen LogP contribution in [0, 0.1) is 5.82 Å². The maximum atomic E-state index is 13.1. The van der Waals surface area contributed by atoms with Gasteiger partial charge < -0.3 is 19.5 Å². The molecule has 1 aliphatic rings. The number of amides is 1. The van der Waals surface area contributed by atoms with E-state index < -0.39 is 24.2 Å². The van der Waals surface area contributed by atoms with Crippen LogP contribution in [0.5, 0.6) is 5.75 Å². The summed E-state index contributed by atoms with van der Waals surface area (Å²) >= 11 is 0. The lowest BCUT2D eigenvalue weighted by Crippen LogP contribution is -2.35. The van der Waals surface area contributed by atoms with Crippen molar-refractivity contribution in [3.05, 3.63) is 65.5 Å². The molecule has 2 aromatic carbocycles. The number of rotatable bonds is 8. The number of hydrogen-bond donors (Lipinski definition) is 1. The number of nitrogens with zero attached hydrogens (tertiary/aromatic N) is 1. The number of carbonyl (C=O) groups is 2. The summed E-state index contributed by atoms with van der Waals surface area (Å²) < 4.78 is 24.3. The molecule has 7 heteroatoms. The molecule has 2 aromatic rings. The lowest BCUT2D eigenvalue weighted by atomic mass is 10.1. The van der Waals surface area contributed by atoms with E-state index in [2.05, 4.69) is 0 Å². The second-order valence-electron chi connectivity index (χ2n) is 6.66. The number of carbonyl (C=O) groups excluding carboxylic acids is 1. The fraction of sp³-hybridized carbons (Fsp3) is 0.333. The van der Waals surface area contributed by atoms with Gasteiger partial charge >= 0.3 is 5.97 Å². The molecule has 1 N–H and O–H groups in total. The van der Waals surface area contributed by atoms with Crippen LogP contribution in [0.25, 0.3) is 0 Å². The van der Waals surface area contributed by atoms with Crippen LogP contribution in [0.15, 0.2) is 48.5 Å². The molecule has 28 heavy (non-hydrogen) atoms. The third kappa shape index (κ3) is 5.53. The maximum Gasteiger partial charge on any atom is 0.323 e. The van der Waals surface area contributed by atoms with Crippen molar-refractivity contribution in [1.29, 1.82) is 0 Å². The van der Waals surface area contributed by atoms with Crippen molar-refractivity contribution in [2.24, 2.45) is 0 Å². The Kier molecular flexibility index (Phi) is 6.60. The molecule has 0 aromatic heterocycles. The van der Waals surface area contributed by atoms with Crippen LogP contribution in [0.2, 0.25) is 0 Å². The van der Waals surface area contributed by atoms with Gasteiger partial charge in [-0.3, -0.25) is 9.59 Å². The molecule has 0 aliphatic carbocycles. The van der Waals surface area contributed by atoms with E-state index in [0.29, 0.717) is 23.5 Å². The molecule has 0 saturated carbocycles. The van der Waals surface area contributed by atoms with E-state index in [1.165, 1.54) is 29.2 Å². The van der Waals surface area contributed by atoms with Crippen molar-refractivity contribution < 1.29 is 28.6 Å². The van der Waals surface area contributed by atoms with Crippen LogP contribution in [-0.2, 0) is 16.1 Å². The van der Waals surface area contributed by atoms with Gasteiger partial charge in [0.1, 0.15) is 24.7 Å². The molecule has 1 fully saturated rings. The average molecular weight is 387 g/mol. The summed E-state index contributed by atoms with van der Waals surface area (Å²) in [6.45, 7) is 0.746. The quantitative estimate of drug-likeness (QED) is 0.753. The summed E-state index contributed by atoms with van der Waals surface area (Å²) in [6.07, 6.45) is 2.02. The molecule has 1 amide bonds. The highest BCUT2D eigenvalue weighted by Gasteiger charge is 2.20. The first-order valence-corrected chi connectivity index (χ1v) is 9.11. The van der Waals surface area contributed by atoms with Crippen molar-refractivity contribution in [1.82, 2.24) is 4.90 Å². The van der Waals surface area contributed by atoms with Crippen molar-refractivity contribution in [2.45, 2.75) is 25.5 Å². The Labute approximate surface area is 162 Å². The molecule has 0 bridgehead atoms. The molecule has 1 atom stereocenters. The average Bonchev–Trinajstić information content (AvgIpc) is 3.20. The van der Waals surface area contributed by atoms with Crippen molar-refractivity contribution >= 4 is 11.9 Å². The highest BCUT2D eigenvalue weighted by atomic mass is 19.1. The van der Waals surface area contributed by atoms with Crippen molar-refractivity contribution in [3.63, 3.8) is 0 Å². The highest BCUT2D eigenvalue weighted by molar-refractivity contribution is 5.96. The van der Waals surface area contributed by atoms with E-state index in [0.717, 1.165) is 19.4 Å². The molecular weight excluding hydrogens is 365 g/mol. The van der Waals surface area contributed by atoms with Crippen LogP contribution in [0.1, 0.15) is 28.8 Å². The third-order valence-electron chi connectivity index (χ3n) is 4.44. The van der Waals surface area contributed by atoms with Gasteiger partial charge in [-0.2, -0.15) is 0 Å². The number of benzene rings is 2. The predicted octanol–water partition coefficient (Wildman–Crippen LogP) is 3.11. The van der Waals surface area contributed by atoms with Crippen LogP contribution >= 0.6 is 0 Å². The Morgan fingerprint density at radius 2 is 2.00 bits per heavy atom. The SMILES string of the molecule is O=C(O)CN(Cc1ccc(F)cc1)C(=O)c1cccc(OCC2CCCO2)c1. The first-order valence-electron chi connectivity index (χ1n) is 9.11. The number of aliphatic carboxylic acids is 1. The fourth-order valence-electron chi connectivity index (χ4n) is 3.04. The molecule has 1 unspecified atom stereocenters. The second kappa shape index (κ2) is 9.32. The number of halogens is 1. The molecule has 1 heterocycles. The minimum absolute atomic E-state index is 0.0568. The Morgan fingerprint density at radius 1 is 1.21 bits per heavy atom. The Balaban J connectivity index is 1.71. The van der Waals surface area contributed by atoms with Gasteiger partial charge in [-0.05, 0) is 48.7 Å². The van der Waals surface area contributed by atoms with E-state index in [4.69, 9.17) is 14.6 Å². The Hall–Kier alpha value is -2.93. The minimum atomic E-state index is -1.12. The summed E-state index contributed by atoms with van der Waals surface area (Å²) in [7, 11) is 0. The van der Waals surface area contributed by atoms with Crippen LogP contribution in [0.4, 0.5) is 4.39 Å². The Morgan fingerprint density at radius 3 is 2.68 bits per heavy atom. The van der Waals surface area contributed by atoms with Gasteiger partial charge in [-0.25, -0.2) is 4.39 Å². The zero-order valence-electron chi connectivity index (χ0n) is 15.3. The third-order valence-corrected chi connectivity index (χ3v) is 4.44. The predicted molar refractivity (Wildman–Crippen MR) is 99.7 cm³/mol. The lowest BCUT2D eigenvalue weighted by Gasteiger charge is -2.21. The maximum absolute atomic E-state index is 13.1. The summed E-state index contributed by atoms with van der Waals surface area (Å²) in [5, 5.41) is 9.17. The monoisotopic (exact) mass is 387 g/mol. The minimum Gasteiger partial charge on any atom is -0.491 e. The molecule has 148 valence electrons. The van der Waals surface area contributed by atoms with Crippen LogP contribution in [-0.4, -0.2) is 47.7 Å². The summed E-state index contributed by atoms with van der Waals surface area (Å²) in [5.74, 6) is -1.43. The Bertz CT molecular complexity index is 818. The van der Waals surface area contributed by atoms with E-state index in [1.807, 2.05) is 0 Å². The fourth-order valence-corrected chi connectivity index (χ4v) is 3.04. The summed E-state index contributed by atoms with van der Waals surface area (Å²) in [5.41, 5.74) is 0.968. The van der Waals surface area contributed by atoms with Gasteiger partial charge in [0.2, 0.25) is 0 Å². The van der Waals surface area contributed by atoms with Crippen LogP contribution in [0.3, 0.4) is 0 Å². The topological polar surface area (TPSA) is 76.1 Å². The first kappa shape index (κ1) is 19.8. The molecule has 3 rings (SSSR count). The van der Waals surface area contributed by atoms with Crippen LogP contribution < -0.4 is 4.74 Å². The summed E-state index contributed by atoms with van der Waals surface area (Å²) in [4.78, 5) is 25.3. The molecule has 0 spiro atoms. The number of carboxylic acids is 1. The largest absolute Gasteiger partial charge is 0.491 e.